The third-order valence-corrected chi connectivity index (χ3v) is 11.5. The first kappa shape index (κ1) is 26.8. The molecule has 2 aliphatic carbocycles. The number of halogens is 1. The lowest BCUT2D eigenvalue weighted by atomic mass is 9.68. The van der Waals surface area contributed by atoms with Crippen molar-refractivity contribution in [1.29, 1.82) is 0 Å². The minimum atomic E-state index is -1.27. The van der Waals surface area contributed by atoms with Gasteiger partial charge in [-0.05, 0) is 47.9 Å². The number of hydrogen-bond donors (Lipinski definition) is 2. The van der Waals surface area contributed by atoms with Crippen LogP contribution in [-0.4, -0.2) is 49.5 Å². The highest BCUT2D eigenvalue weighted by atomic mass is 32.2. The number of aromatic amines is 1. The van der Waals surface area contributed by atoms with Crippen LogP contribution in [0.5, 0.6) is 5.75 Å². The number of non-ortho nitro benzene ring substituents is 1. The predicted octanol–water partition coefficient (Wildman–Crippen LogP) is 3.62. The van der Waals surface area contributed by atoms with Gasteiger partial charge < -0.3 is 14.8 Å². The minimum Gasteiger partial charge on any atom is -0.489 e. The number of nitrogens with one attached hydrogen (secondary N) is 1. The summed E-state index contributed by atoms with van der Waals surface area (Å²) in [6, 6.07) is 10.0. The van der Waals surface area contributed by atoms with Crippen molar-refractivity contribution in [1.82, 2.24) is 9.88 Å². The molecule has 14 heteroatoms. The molecule has 7 atom stereocenters. The number of imide groups is 1. The second kappa shape index (κ2) is 9.76. The summed E-state index contributed by atoms with van der Waals surface area (Å²) in [5.74, 6) is -4.96. The van der Waals surface area contributed by atoms with Crippen LogP contribution >= 0.6 is 23.1 Å². The van der Waals surface area contributed by atoms with E-state index in [9.17, 15) is 38.8 Å². The Balaban J connectivity index is 1.32. The summed E-state index contributed by atoms with van der Waals surface area (Å²) < 4.78 is 19.6. The van der Waals surface area contributed by atoms with Gasteiger partial charge in [0.1, 0.15) is 24.7 Å². The van der Waals surface area contributed by atoms with Crippen LogP contribution in [0.4, 0.5) is 10.1 Å². The molecular formula is C28H22FN3O8S2. The van der Waals surface area contributed by atoms with Gasteiger partial charge in [0.05, 0.1) is 21.8 Å². The van der Waals surface area contributed by atoms with Crippen LogP contribution in [0.2, 0.25) is 0 Å². The molecule has 2 bridgehead atoms. The summed E-state index contributed by atoms with van der Waals surface area (Å²) in [5.41, 5.74) is 1.00. The number of nitrogens with zero attached hydrogens (tertiary/aromatic N) is 2. The predicted molar refractivity (Wildman–Crippen MR) is 147 cm³/mol. The monoisotopic (exact) mass is 611 g/mol. The Bertz CT molecular complexity index is 1720. The summed E-state index contributed by atoms with van der Waals surface area (Å²) in [6.45, 7) is -0.631. The number of nitro benzene ring substituents is 1. The van der Waals surface area contributed by atoms with E-state index in [1.54, 1.807) is 12.1 Å². The van der Waals surface area contributed by atoms with Gasteiger partial charge in [0.15, 0.2) is 0 Å². The van der Waals surface area contributed by atoms with Gasteiger partial charge in [0.25, 0.3) is 5.69 Å². The number of nitro groups is 1. The number of fused-ring (bicyclic) bond motifs is 9. The number of carboxylic acids is 1. The number of carbonyl (C=O) groups excluding carboxylic acids is 2. The van der Waals surface area contributed by atoms with Crippen molar-refractivity contribution in [3.05, 3.63) is 84.1 Å². The van der Waals surface area contributed by atoms with Gasteiger partial charge in [-0.1, -0.05) is 23.5 Å². The third-order valence-electron chi connectivity index (χ3n) is 8.96. The van der Waals surface area contributed by atoms with Gasteiger partial charge in [-0.2, -0.15) is 0 Å². The van der Waals surface area contributed by atoms with E-state index in [0.717, 1.165) is 16.2 Å². The van der Waals surface area contributed by atoms with E-state index >= 15 is 0 Å². The molecule has 11 nitrogen and oxygen atoms in total. The lowest BCUT2D eigenvalue weighted by molar-refractivity contribution is -0.385. The van der Waals surface area contributed by atoms with Gasteiger partial charge in [0, 0.05) is 33.7 Å². The third kappa shape index (κ3) is 4.07. The fourth-order valence-corrected chi connectivity index (χ4v) is 10.4. The number of hydrogen-bond acceptors (Lipinski definition) is 9. The summed E-state index contributed by atoms with van der Waals surface area (Å²) in [4.78, 5) is 66.2. The number of ether oxygens (including phenoxy) is 1. The normalized spacial score (nSPS) is 28.9. The molecular weight excluding hydrogens is 589 g/mol. The number of thiazole rings is 1. The topological polar surface area (TPSA) is 160 Å². The average molecular weight is 612 g/mol. The highest BCUT2D eigenvalue weighted by Crippen LogP contribution is 2.69. The quantitative estimate of drug-likeness (QED) is 0.231. The molecule has 2 amide bonds. The van der Waals surface area contributed by atoms with Crippen LogP contribution in [-0.2, 0) is 21.0 Å². The first-order valence-electron chi connectivity index (χ1n) is 13.2. The van der Waals surface area contributed by atoms with Crippen molar-refractivity contribution in [2.45, 2.75) is 29.2 Å². The Morgan fingerprint density at radius 2 is 1.83 bits per heavy atom. The van der Waals surface area contributed by atoms with Crippen molar-refractivity contribution in [2.75, 3.05) is 6.54 Å². The van der Waals surface area contributed by atoms with Gasteiger partial charge >= 0.3 is 10.8 Å². The minimum absolute atomic E-state index is 0.0603. The van der Waals surface area contributed by atoms with Crippen molar-refractivity contribution >= 4 is 46.6 Å². The Morgan fingerprint density at radius 3 is 2.52 bits per heavy atom. The Kier molecular flexibility index (Phi) is 6.24. The van der Waals surface area contributed by atoms with Crippen LogP contribution < -0.4 is 9.61 Å². The standard InChI is InChI=1S/C28H22FN3O8S2/c29-12-3-1-11(2-4-12)10-40-17-6-5-13(32(38)39)7-14(17)19-20-15-8-16(23(20)41-25-24(19)42-28(37)30-25)22-21(15)26(35)31(27(22)36)9-18(33)34/h1-7,15-16,19-23H,8-10H2,(H,30,37)(H,33,34). The summed E-state index contributed by atoms with van der Waals surface area (Å²) in [6.07, 6.45) is 0.576. The number of benzene rings is 2. The first-order valence-corrected chi connectivity index (χ1v) is 14.9. The zero-order chi connectivity index (χ0) is 29.4. The number of H-pyrrole nitrogens is 1. The second-order valence-corrected chi connectivity index (χ2v) is 13.2. The van der Waals surface area contributed by atoms with E-state index in [1.807, 2.05) is 0 Å². The average Bonchev–Trinajstić information content (AvgIpc) is 3.68. The van der Waals surface area contributed by atoms with Gasteiger partial charge in [-0.15, -0.1) is 11.8 Å². The van der Waals surface area contributed by atoms with Gasteiger partial charge in [0.2, 0.25) is 11.8 Å². The Morgan fingerprint density at radius 1 is 1.12 bits per heavy atom. The smallest absolute Gasteiger partial charge is 0.323 e. The van der Waals surface area contributed by atoms with Gasteiger partial charge in [-0.3, -0.25) is 34.2 Å². The molecule has 7 unspecified atom stereocenters. The largest absolute Gasteiger partial charge is 0.489 e. The number of amides is 2. The van der Waals surface area contributed by atoms with E-state index in [1.165, 1.54) is 42.1 Å². The molecule has 0 radical (unpaired) electrons. The lowest BCUT2D eigenvalue weighted by Crippen LogP contribution is -2.42. The Labute approximate surface area is 244 Å². The van der Waals surface area contributed by atoms with Crippen molar-refractivity contribution < 1.29 is 33.5 Å². The SMILES string of the molecule is O=C(O)CN1C(=O)C2C3CC(C2C1=O)C1C(c2cc([N+](=O)[O-])ccc2OCc2ccc(F)cc2)c2sc(=O)[nH]c2SC31. The molecule has 7 rings (SSSR count). The highest BCUT2D eigenvalue weighted by Gasteiger charge is 2.69. The molecule has 3 heterocycles. The Hall–Kier alpha value is -4.04. The zero-order valence-electron chi connectivity index (χ0n) is 21.6. The van der Waals surface area contributed by atoms with E-state index in [0.29, 0.717) is 33.2 Å². The maximum Gasteiger partial charge on any atom is 0.323 e. The number of thioether (sulfide) groups is 1. The highest BCUT2D eigenvalue weighted by molar-refractivity contribution is 8.00. The molecule has 1 saturated heterocycles. The molecule has 2 aromatic carbocycles. The zero-order valence-corrected chi connectivity index (χ0v) is 23.2. The molecule has 3 fully saturated rings. The lowest BCUT2D eigenvalue weighted by Gasteiger charge is -2.43. The van der Waals surface area contributed by atoms with E-state index in [4.69, 9.17) is 4.74 Å². The molecule has 3 aromatic rings. The fourth-order valence-electron chi connectivity index (χ4n) is 7.48. The van der Waals surface area contributed by atoms with Crippen LogP contribution in [0.15, 0.2) is 52.3 Å². The van der Waals surface area contributed by atoms with E-state index in [-0.39, 0.29) is 40.2 Å². The van der Waals surface area contributed by atoms with Crippen LogP contribution in [0.1, 0.15) is 28.3 Å². The van der Waals surface area contributed by atoms with E-state index in [2.05, 4.69) is 4.98 Å². The summed E-state index contributed by atoms with van der Waals surface area (Å²) in [5, 5.41) is 21.6. The number of rotatable bonds is 7. The van der Waals surface area contributed by atoms with E-state index < -0.39 is 52.8 Å². The van der Waals surface area contributed by atoms with Crippen LogP contribution in [0.3, 0.4) is 0 Å². The number of aromatic nitrogens is 1. The molecule has 42 heavy (non-hydrogen) atoms. The number of likely N-dealkylation sites (tertiary alicyclic amines) is 1. The van der Waals surface area contributed by atoms with Crippen molar-refractivity contribution in [3.8, 4) is 5.75 Å². The molecule has 2 aliphatic heterocycles. The number of carboxylic acid groups (broad SMARTS) is 1. The van der Waals surface area contributed by atoms with Gasteiger partial charge in [-0.25, -0.2) is 4.39 Å². The van der Waals surface area contributed by atoms with Crippen LogP contribution in [0, 0.1) is 45.5 Å². The maximum atomic E-state index is 13.4. The summed E-state index contributed by atoms with van der Waals surface area (Å²) >= 11 is 2.46. The fraction of sp³-hybridized carbons (Fsp3) is 0.357. The van der Waals surface area contributed by atoms with Crippen LogP contribution in [0.25, 0.3) is 0 Å². The first-order chi connectivity index (χ1) is 20.1. The molecule has 4 aliphatic rings. The molecule has 2 N–H and O–H groups in total. The second-order valence-electron chi connectivity index (χ2n) is 11.0. The van der Waals surface area contributed by atoms with Crippen molar-refractivity contribution in [2.24, 2.45) is 29.6 Å². The molecule has 0 spiro atoms. The molecule has 2 saturated carbocycles. The molecule has 216 valence electrons. The molecule has 1 aromatic heterocycles. The number of carbonyl (C=O) groups is 3. The van der Waals surface area contributed by atoms with Crippen molar-refractivity contribution in [3.63, 3.8) is 0 Å². The summed E-state index contributed by atoms with van der Waals surface area (Å²) in [7, 11) is 0. The number of aliphatic carboxylic acids is 1. The maximum absolute atomic E-state index is 13.4.